The van der Waals surface area contributed by atoms with Gasteiger partial charge in [0.05, 0.1) is 12.7 Å². The van der Waals surface area contributed by atoms with Crippen LogP contribution in [-0.4, -0.2) is 12.9 Å². The van der Waals surface area contributed by atoms with Crippen LogP contribution in [0.2, 0.25) is 0 Å². The average Bonchev–Trinajstić information content (AvgIpc) is 2.41. The van der Waals surface area contributed by atoms with Crippen molar-refractivity contribution in [2.24, 2.45) is 0 Å². The molecule has 92 valence electrons. The largest absolute Gasteiger partial charge is 0.496 e. The van der Waals surface area contributed by atoms with Crippen LogP contribution in [0.1, 0.15) is 21.5 Å². The summed E-state index contributed by atoms with van der Waals surface area (Å²) in [5.41, 5.74) is 8.41. The van der Waals surface area contributed by atoms with Crippen molar-refractivity contribution in [1.29, 1.82) is 0 Å². The van der Waals surface area contributed by atoms with Crippen LogP contribution in [0.25, 0.3) is 0 Å². The molecule has 0 amide bonds. The molecule has 2 rings (SSSR count). The minimum Gasteiger partial charge on any atom is -0.496 e. The van der Waals surface area contributed by atoms with Gasteiger partial charge in [-0.1, -0.05) is 24.3 Å². The van der Waals surface area contributed by atoms with Crippen molar-refractivity contribution in [3.8, 4) is 5.75 Å². The molecule has 0 saturated heterocycles. The van der Waals surface area contributed by atoms with Crippen molar-refractivity contribution in [1.82, 2.24) is 0 Å². The van der Waals surface area contributed by atoms with E-state index in [-0.39, 0.29) is 5.78 Å². The third-order valence-electron chi connectivity index (χ3n) is 2.92. The zero-order valence-electron chi connectivity index (χ0n) is 10.4. The first kappa shape index (κ1) is 12.2. The summed E-state index contributed by atoms with van der Waals surface area (Å²) in [6.45, 7) is 1.88. The molecule has 0 saturated carbocycles. The van der Waals surface area contributed by atoms with Crippen LogP contribution in [0.4, 0.5) is 5.69 Å². The summed E-state index contributed by atoms with van der Waals surface area (Å²) in [6.07, 6.45) is 0. The van der Waals surface area contributed by atoms with Gasteiger partial charge >= 0.3 is 0 Å². The number of hydrogen-bond acceptors (Lipinski definition) is 3. The van der Waals surface area contributed by atoms with E-state index in [0.29, 0.717) is 22.6 Å². The van der Waals surface area contributed by atoms with Gasteiger partial charge < -0.3 is 10.5 Å². The maximum atomic E-state index is 12.4. The van der Waals surface area contributed by atoms with E-state index in [0.717, 1.165) is 5.56 Å². The Labute approximate surface area is 106 Å². The number of ketones is 1. The van der Waals surface area contributed by atoms with Crippen molar-refractivity contribution in [2.75, 3.05) is 12.8 Å². The molecule has 0 radical (unpaired) electrons. The summed E-state index contributed by atoms with van der Waals surface area (Å²) in [7, 11) is 1.55. The first-order valence-electron chi connectivity index (χ1n) is 5.68. The van der Waals surface area contributed by atoms with E-state index in [1.807, 2.05) is 31.2 Å². The van der Waals surface area contributed by atoms with Crippen LogP contribution in [0.5, 0.6) is 5.75 Å². The van der Waals surface area contributed by atoms with Gasteiger partial charge in [-0.3, -0.25) is 4.79 Å². The van der Waals surface area contributed by atoms with E-state index in [1.165, 1.54) is 0 Å². The second kappa shape index (κ2) is 4.92. The summed E-state index contributed by atoms with van der Waals surface area (Å²) < 4.78 is 5.20. The molecule has 0 bridgehead atoms. The Morgan fingerprint density at radius 1 is 1.06 bits per heavy atom. The van der Waals surface area contributed by atoms with Crippen molar-refractivity contribution in [2.45, 2.75) is 6.92 Å². The highest BCUT2D eigenvalue weighted by Gasteiger charge is 2.16. The number of nitrogen functional groups attached to an aromatic ring is 1. The van der Waals surface area contributed by atoms with Crippen molar-refractivity contribution >= 4 is 11.5 Å². The number of aryl methyl sites for hydroxylation is 1. The molecule has 3 nitrogen and oxygen atoms in total. The highest BCUT2D eigenvalue weighted by molar-refractivity contribution is 6.13. The van der Waals surface area contributed by atoms with Gasteiger partial charge in [-0.05, 0) is 30.7 Å². The van der Waals surface area contributed by atoms with E-state index in [9.17, 15) is 4.79 Å². The third-order valence-corrected chi connectivity index (χ3v) is 2.92. The maximum absolute atomic E-state index is 12.4. The molecule has 3 heteroatoms. The summed E-state index contributed by atoms with van der Waals surface area (Å²) in [6, 6.07) is 12.6. The number of benzene rings is 2. The summed E-state index contributed by atoms with van der Waals surface area (Å²) in [5.74, 6) is 0.442. The smallest absolute Gasteiger partial charge is 0.198 e. The number of nitrogens with two attached hydrogens (primary N) is 1. The highest BCUT2D eigenvalue weighted by atomic mass is 16.5. The molecule has 18 heavy (non-hydrogen) atoms. The molecular formula is C15H15NO2. The molecule has 2 N–H and O–H groups in total. The van der Waals surface area contributed by atoms with Crippen LogP contribution >= 0.6 is 0 Å². The minimum absolute atomic E-state index is 0.117. The number of hydrogen-bond donors (Lipinski definition) is 1. The highest BCUT2D eigenvalue weighted by Crippen LogP contribution is 2.25. The van der Waals surface area contributed by atoms with Crippen LogP contribution in [0.15, 0.2) is 42.5 Å². The zero-order valence-corrected chi connectivity index (χ0v) is 10.4. The lowest BCUT2D eigenvalue weighted by molar-refractivity contribution is 0.103. The molecule has 0 unspecified atom stereocenters. The number of methoxy groups -OCH3 is 1. The standard InChI is InChI=1S/C15H15NO2/c1-10-6-5-8-12(14(10)16)15(17)11-7-3-4-9-13(11)18-2/h3-9H,16H2,1-2H3. The molecule has 0 aromatic heterocycles. The van der Waals surface area contributed by atoms with Gasteiger partial charge in [-0.25, -0.2) is 0 Å². The lowest BCUT2D eigenvalue weighted by Crippen LogP contribution is -2.08. The molecule has 0 aliphatic heterocycles. The fourth-order valence-electron chi connectivity index (χ4n) is 1.86. The average molecular weight is 241 g/mol. The number of carbonyl (C=O) groups is 1. The summed E-state index contributed by atoms with van der Waals surface area (Å²) >= 11 is 0. The number of rotatable bonds is 3. The van der Waals surface area contributed by atoms with Crippen molar-refractivity contribution < 1.29 is 9.53 Å². The number of anilines is 1. The quantitative estimate of drug-likeness (QED) is 0.664. The van der Waals surface area contributed by atoms with Crippen LogP contribution in [0.3, 0.4) is 0 Å². The maximum Gasteiger partial charge on any atom is 0.198 e. The SMILES string of the molecule is COc1ccccc1C(=O)c1cccc(C)c1N. The first-order chi connectivity index (χ1) is 8.65. The van der Waals surface area contributed by atoms with Gasteiger partial charge in [-0.15, -0.1) is 0 Å². The second-order valence-corrected chi connectivity index (χ2v) is 4.07. The lowest BCUT2D eigenvalue weighted by atomic mass is 9.99. The van der Waals surface area contributed by atoms with Crippen molar-refractivity contribution in [3.63, 3.8) is 0 Å². The second-order valence-electron chi connectivity index (χ2n) is 4.07. The molecular weight excluding hydrogens is 226 g/mol. The number of ether oxygens (including phenoxy) is 1. The van der Waals surface area contributed by atoms with E-state index >= 15 is 0 Å². The van der Waals surface area contributed by atoms with Crippen LogP contribution in [0, 0.1) is 6.92 Å². The fourth-order valence-corrected chi connectivity index (χ4v) is 1.86. The lowest BCUT2D eigenvalue weighted by Gasteiger charge is -2.10. The number of para-hydroxylation sites is 2. The topological polar surface area (TPSA) is 52.3 Å². The Morgan fingerprint density at radius 2 is 1.72 bits per heavy atom. The van der Waals surface area contributed by atoms with E-state index in [2.05, 4.69) is 0 Å². The van der Waals surface area contributed by atoms with E-state index in [1.54, 1.807) is 25.3 Å². The molecule has 0 aliphatic rings. The normalized spacial score (nSPS) is 10.1. The van der Waals surface area contributed by atoms with Gasteiger partial charge in [0.1, 0.15) is 5.75 Å². The first-order valence-corrected chi connectivity index (χ1v) is 5.68. The molecule has 0 aliphatic carbocycles. The molecule has 0 atom stereocenters. The van der Waals surface area contributed by atoms with Gasteiger partial charge in [0.25, 0.3) is 0 Å². The number of carbonyl (C=O) groups excluding carboxylic acids is 1. The predicted molar refractivity (Wildman–Crippen MR) is 72.0 cm³/mol. The molecule has 0 spiro atoms. The monoisotopic (exact) mass is 241 g/mol. The van der Waals surface area contributed by atoms with E-state index < -0.39 is 0 Å². The van der Waals surface area contributed by atoms with E-state index in [4.69, 9.17) is 10.5 Å². The third kappa shape index (κ3) is 2.07. The minimum atomic E-state index is -0.117. The van der Waals surface area contributed by atoms with Gasteiger partial charge in [-0.2, -0.15) is 0 Å². The summed E-state index contributed by atoms with van der Waals surface area (Å²) in [5, 5.41) is 0. The Bertz CT molecular complexity index is 591. The Balaban J connectivity index is 2.52. The van der Waals surface area contributed by atoms with Gasteiger partial charge in [0, 0.05) is 11.3 Å². The van der Waals surface area contributed by atoms with Gasteiger partial charge in [0.2, 0.25) is 0 Å². The van der Waals surface area contributed by atoms with Crippen molar-refractivity contribution in [3.05, 3.63) is 59.2 Å². The molecule has 0 heterocycles. The predicted octanol–water partition coefficient (Wildman–Crippen LogP) is 2.82. The molecule has 2 aromatic rings. The Morgan fingerprint density at radius 3 is 2.44 bits per heavy atom. The molecule has 2 aromatic carbocycles. The van der Waals surface area contributed by atoms with Crippen LogP contribution < -0.4 is 10.5 Å². The van der Waals surface area contributed by atoms with Crippen LogP contribution in [-0.2, 0) is 0 Å². The fraction of sp³-hybridized carbons (Fsp3) is 0.133. The molecule has 0 fully saturated rings. The Hall–Kier alpha value is -2.29. The zero-order chi connectivity index (χ0) is 13.1. The summed E-state index contributed by atoms with van der Waals surface area (Å²) in [4.78, 5) is 12.4. The van der Waals surface area contributed by atoms with Gasteiger partial charge in [0.15, 0.2) is 5.78 Å². The Kier molecular flexibility index (Phi) is 3.33.